The van der Waals surface area contributed by atoms with E-state index in [-0.39, 0.29) is 23.3 Å². The normalized spacial score (nSPS) is 24.4. The number of alkyl halides is 1. The summed E-state index contributed by atoms with van der Waals surface area (Å²) >= 11 is 9.50. The minimum Gasteiger partial charge on any atom is -0.376 e. The van der Waals surface area contributed by atoms with E-state index < -0.39 is 0 Å². The van der Waals surface area contributed by atoms with Crippen molar-refractivity contribution < 1.29 is 9.13 Å². The monoisotopic (exact) mass is 360 g/mol. The van der Waals surface area contributed by atoms with Gasteiger partial charge in [-0.25, -0.2) is 9.37 Å². The third kappa shape index (κ3) is 2.26. The molecule has 20 heavy (non-hydrogen) atoms. The Hall–Kier alpha value is -0.650. The van der Waals surface area contributed by atoms with Gasteiger partial charge in [-0.15, -0.1) is 11.6 Å². The summed E-state index contributed by atoms with van der Waals surface area (Å²) in [7, 11) is 0. The van der Waals surface area contributed by atoms with Crippen LogP contribution in [0.3, 0.4) is 0 Å². The van der Waals surface area contributed by atoms with Gasteiger partial charge in [0.1, 0.15) is 11.6 Å². The van der Waals surface area contributed by atoms with Crippen molar-refractivity contribution in [3.8, 4) is 0 Å². The zero-order valence-corrected chi connectivity index (χ0v) is 13.6. The number of imidazole rings is 1. The molecule has 1 saturated heterocycles. The predicted molar refractivity (Wildman–Crippen MR) is 80.7 cm³/mol. The standard InChI is InChI=1S/C14H15BrClFN2O/c1-7(16)14-18-11-6-10(17)9(15)5-13(11)19(14)12-3-4-20-8(12)2/h5-8,12H,3-4H2,1-2H3. The van der Waals surface area contributed by atoms with E-state index in [0.717, 1.165) is 24.4 Å². The molecular formula is C14H15BrClFN2O. The van der Waals surface area contributed by atoms with Crippen LogP contribution in [0, 0.1) is 5.82 Å². The fraction of sp³-hybridized carbons (Fsp3) is 0.500. The maximum atomic E-state index is 13.7. The number of ether oxygens (including phenoxy) is 1. The Bertz CT molecular complexity index is 658. The van der Waals surface area contributed by atoms with Gasteiger partial charge < -0.3 is 9.30 Å². The molecule has 0 spiro atoms. The van der Waals surface area contributed by atoms with E-state index in [0.29, 0.717) is 9.99 Å². The van der Waals surface area contributed by atoms with Crippen LogP contribution in [-0.2, 0) is 4.74 Å². The van der Waals surface area contributed by atoms with E-state index >= 15 is 0 Å². The fourth-order valence-electron chi connectivity index (χ4n) is 2.80. The highest BCUT2D eigenvalue weighted by atomic mass is 79.9. The van der Waals surface area contributed by atoms with Gasteiger partial charge >= 0.3 is 0 Å². The second-order valence-electron chi connectivity index (χ2n) is 5.14. The van der Waals surface area contributed by atoms with Crippen molar-refractivity contribution in [2.75, 3.05) is 6.61 Å². The number of rotatable bonds is 2. The minimum absolute atomic E-state index is 0.102. The van der Waals surface area contributed by atoms with Gasteiger partial charge in [-0.2, -0.15) is 0 Å². The molecule has 108 valence electrons. The minimum atomic E-state index is -0.313. The molecule has 3 unspecified atom stereocenters. The first-order valence-electron chi connectivity index (χ1n) is 6.61. The molecule has 1 aliphatic rings. The Morgan fingerprint density at radius 3 is 2.90 bits per heavy atom. The number of halogens is 3. The molecule has 0 aliphatic carbocycles. The van der Waals surface area contributed by atoms with Gasteiger partial charge in [0, 0.05) is 12.7 Å². The summed E-state index contributed by atoms with van der Waals surface area (Å²) in [4.78, 5) is 4.51. The molecule has 3 atom stereocenters. The summed E-state index contributed by atoms with van der Waals surface area (Å²) < 4.78 is 21.9. The Labute approximate surface area is 130 Å². The van der Waals surface area contributed by atoms with E-state index in [4.69, 9.17) is 16.3 Å². The van der Waals surface area contributed by atoms with Crippen molar-refractivity contribution in [1.29, 1.82) is 0 Å². The zero-order valence-electron chi connectivity index (χ0n) is 11.2. The Morgan fingerprint density at radius 2 is 2.30 bits per heavy atom. The van der Waals surface area contributed by atoms with E-state index in [2.05, 4.69) is 25.5 Å². The number of fused-ring (bicyclic) bond motifs is 1. The molecule has 0 amide bonds. The highest BCUT2D eigenvalue weighted by Gasteiger charge is 2.30. The van der Waals surface area contributed by atoms with E-state index in [9.17, 15) is 4.39 Å². The lowest BCUT2D eigenvalue weighted by molar-refractivity contribution is 0.108. The largest absolute Gasteiger partial charge is 0.376 e. The first-order chi connectivity index (χ1) is 9.49. The van der Waals surface area contributed by atoms with E-state index in [1.54, 1.807) is 6.07 Å². The molecule has 1 aromatic carbocycles. The molecule has 1 aliphatic heterocycles. The predicted octanol–water partition coefficient (Wildman–Crippen LogP) is 4.59. The number of hydrogen-bond donors (Lipinski definition) is 0. The van der Waals surface area contributed by atoms with Gasteiger partial charge in [0.25, 0.3) is 0 Å². The van der Waals surface area contributed by atoms with Crippen LogP contribution in [-0.4, -0.2) is 22.3 Å². The molecular weight excluding hydrogens is 347 g/mol. The van der Waals surface area contributed by atoms with Gasteiger partial charge in [0.2, 0.25) is 0 Å². The molecule has 6 heteroatoms. The SMILES string of the molecule is CC(Cl)c1nc2cc(F)c(Br)cc2n1C1CCOC1C. The summed E-state index contributed by atoms with van der Waals surface area (Å²) in [6.45, 7) is 4.65. The fourth-order valence-corrected chi connectivity index (χ4v) is 3.28. The average Bonchev–Trinajstić information content (AvgIpc) is 2.93. The first-order valence-corrected chi connectivity index (χ1v) is 7.84. The Kier molecular flexibility index (Phi) is 3.77. The maximum Gasteiger partial charge on any atom is 0.139 e. The molecule has 2 heterocycles. The molecule has 0 N–H and O–H groups in total. The van der Waals surface area contributed by atoms with Crippen molar-refractivity contribution in [1.82, 2.24) is 9.55 Å². The van der Waals surface area contributed by atoms with Crippen LogP contribution in [0.15, 0.2) is 16.6 Å². The molecule has 1 aromatic heterocycles. The Morgan fingerprint density at radius 1 is 1.55 bits per heavy atom. The van der Waals surface area contributed by atoms with Gasteiger partial charge in [0.15, 0.2) is 0 Å². The molecule has 3 nitrogen and oxygen atoms in total. The van der Waals surface area contributed by atoms with Crippen molar-refractivity contribution in [2.24, 2.45) is 0 Å². The van der Waals surface area contributed by atoms with Crippen molar-refractivity contribution in [2.45, 2.75) is 37.8 Å². The molecule has 1 fully saturated rings. The topological polar surface area (TPSA) is 27.1 Å². The van der Waals surface area contributed by atoms with E-state index in [1.807, 2.05) is 13.8 Å². The number of benzene rings is 1. The summed E-state index contributed by atoms with van der Waals surface area (Å²) in [5.74, 6) is 0.452. The summed E-state index contributed by atoms with van der Waals surface area (Å²) in [5.41, 5.74) is 1.52. The second kappa shape index (κ2) is 5.28. The zero-order chi connectivity index (χ0) is 14.4. The third-order valence-electron chi connectivity index (χ3n) is 3.78. The van der Waals surface area contributed by atoms with Crippen LogP contribution in [0.4, 0.5) is 4.39 Å². The van der Waals surface area contributed by atoms with Gasteiger partial charge in [-0.1, -0.05) is 0 Å². The second-order valence-corrected chi connectivity index (χ2v) is 6.65. The van der Waals surface area contributed by atoms with Crippen LogP contribution in [0.1, 0.15) is 37.5 Å². The lowest BCUT2D eigenvalue weighted by Crippen LogP contribution is -2.19. The Balaban J connectivity index is 2.26. The summed E-state index contributed by atoms with van der Waals surface area (Å²) in [6.07, 6.45) is 1.02. The molecule has 0 saturated carbocycles. The summed E-state index contributed by atoms with van der Waals surface area (Å²) in [5, 5.41) is -0.239. The molecule has 0 bridgehead atoms. The lowest BCUT2D eigenvalue weighted by atomic mass is 10.1. The van der Waals surface area contributed by atoms with Gasteiger partial charge in [-0.3, -0.25) is 0 Å². The van der Waals surface area contributed by atoms with Crippen molar-refractivity contribution >= 4 is 38.6 Å². The maximum absolute atomic E-state index is 13.7. The van der Waals surface area contributed by atoms with Crippen molar-refractivity contribution in [3.05, 3.63) is 28.2 Å². The quantitative estimate of drug-likeness (QED) is 0.732. The molecule has 0 radical (unpaired) electrons. The highest BCUT2D eigenvalue weighted by Crippen LogP contribution is 2.36. The van der Waals surface area contributed by atoms with Gasteiger partial charge in [0.05, 0.1) is 33.0 Å². The lowest BCUT2D eigenvalue weighted by Gasteiger charge is -2.20. The van der Waals surface area contributed by atoms with Crippen LogP contribution >= 0.6 is 27.5 Å². The number of hydrogen-bond acceptors (Lipinski definition) is 2. The number of aromatic nitrogens is 2. The van der Waals surface area contributed by atoms with Crippen LogP contribution < -0.4 is 0 Å². The van der Waals surface area contributed by atoms with Crippen molar-refractivity contribution in [3.63, 3.8) is 0 Å². The molecule has 3 rings (SSSR count). The van der Waals surface area contributed by atoms with Crippen LogP contribution in [0.2, 0.25) is 0 Å². The number of nitrogens with zero attached hydrogens (tertiary/aromatic N) is 2. The van der Waals surface area contributed by atoms with Gasteiger partial charge in [-0.05, 0) is 42.3 Å². The van der Waals surface area contributed by atoms with Crippen LogP contribution in [0.5, 0.6) is 0 Å². The van der Waals surface area contributed by atoms with E-state index in [1.165, 1.54) is 6.07 Å². The van der Waals surface area contributed by atoms with Crippen LogP contribution in [0.25, 0.3) is 11.0 Å². The summed E-state index contributed by atoms with van der Waals surface area (Å²) in [6, 6.07) is 3.40. The third-order valence-corrected chi connectivity index (χ3v) is 4.59. The first kappa shape index (κ1) is 14.3. The smallest absolute Gasteiger partial charge is 0.139 e. The average molecular weight is 362 g/mol. The molecule has 2 aromatic rings. The highest BCUT2D eigenvalue weighted by molar-refractivity contribution is 9.10.